The van der Waals surface area contributed by atoms with Crippen molar-refractivity contribution >= 4 is 0 Å². The molecule has 2 aromatic rings. The van der Waals surface area contributed by atoms with Crippen LogP contribution in [0.25, 0.3) is 11.4 Å². The number of nitrogens with zero attached hydrogens (tertiary/aromatic N) is 5. The molecule has 0 amide bonds. The Balaban J connectivity index is 2.29. The monoisotopic (exact) mass is 204 g/mol. The number of aromatic nitrogens is 5. The lowest BCUT2D eigenvalue weighted by atomic mass is 10.3. The molecule has 2 heterocycles. The Labute approximate surface area is 87.2 Å². The van der Waals surface area contributed by atoms with Gasteiger partial charge in [0.05, 0.1) is 18.4 Å². The fourth-order valence-corrected chi connectivity index (χ4v) is 1.26. The van der Waals surface area contributed by atoms with Crippen molar-refractivity contribution in [3.05, 3.63) is 24.3 Å². The Hall–Kier alpha value is -1.82. The minimum absolute atomic E-state index is 0.547. The predicted octanol–water partition coefficient (Wildman–Crippen LogP) is 0.00222. The van der Waals surface area contributed by atoms with Crippen molar-refractivity contribution < 1.29 is 0 Å². The first-order chi connectivity index (χ1) is 7.29. The third-order valence-electron chi connectivity index (χ3n) is 1.94. The molecular formula is C9H12N6. The van der Waals surface area contributed by atoms with Crippen molar-refractivity contribution in [1.29, 1.82) is 0 Å². The van der Waals surface area contributed by atoms with Crippen LogP contribution < -0.4 is 5.73 Å². The number of rotatable bonds is 3. The van der Waals surface area contributed by atoms with Gasteiger partial charge in [0.1, 0.15) is 11.5 Å². The fraction of sp³-hybridized carbons (Fsp3) is 0.333. The molecule has 2 N–H and O–H groups in total. The lowest BCUT2D eigenvalue weighted by molar-refractivity contribution is 0.598. The normalized spacial score (nSPS) is 10.5. The first-order valence-corrected chi connectivity index (χ1v) is 4.70. The van der Waals surface area contributed by atoms with Crippen molar-refractivity contribution in [3.63, 3.8) is 0 Å². The molecule has 0 bridgehead atoms. The van der Waals surface area contributed by atoms with Crippen LogP contribution in [-0.2, 0) is 6.54 Å². The highest BCUT2D eigenvalue weighted by Gasteiger charge is 2.04. The molecule has 6 heteroatoms. The van der Waals surface area contributed by atoms with Crippen LogP contribution in [0.3, 0.4) is 0 Å². The van der Waals surface area contributed by atoms with Crippen LogP contribution >= 0.6 is 0 Å². The molecule has 0 saturated heterocycles. The van der Waals surface area contributed by atoms with Gasteiger partial charge in [-0.05, 0) is 13.0 Å². The first-order valence-electron chi connectivity index (χ1n) is 4.70. The molecule has 0 aromatic carbocycles. The maximum absolute atomic E-state index is 5.42. The molecule has 2 aromatic heterocycles. The Kier molecular flexibility index (Phi) is 2.68. The van der Waals surface area contributed by atoms with Crippen molar-refractivity contribution in [2.75, 3.05) is 6.54 Å². The molecule has 0 aliphatic rings. The second-order valence-electron chi connectivity index (χ2n) is 3.14. The van der Waals surface area contributed by atoms with E-state index in [2.05, 4.69) is 20.3 Å². The topological polar surface area (TPSA) is 82.5 Å². The highest BCUT2D eigenvalue weighted by molar-refractivity contribution is 5.51. The van der Waals surface area contributed by atoms with E-state index in [-0.39, 0.29) is 0 Å². The Bertz CT molecular complexity index is 449. The van der Waals surface area contributed by atoms with Crippen molar-refractivity contribution in [2.24, 2.45) is 5.73 Å². The third kappa shape index (κ3) is 2.16. The van der Waals surface area contributed by atoms with E-state index in [0.717, 1.165) is 17.2 Å². The van der Waals surface area contributed by atoms with Gasteiger partial charge in [-0.1, -0.05) is 5.21 Å². The predicted molar refractivity (Wildman–Crippen MR) is 54.8 cm³/mol. The van der Waals surface area contributed by atoms with Gasteiger partial charge in [0, 0.05) is 12.7 Å². The lowest BCUT2D eigenvalue weighted by Gasteiger charge is -1.95. The second kappa shape index (κ2) is 4.14. The third-order valence-corrected chi connectivity index (χ3v) is 1.94. The molecule has 0 aliphatic heterocycles. The average molecular weight is 204 g/mol. The SMILES string of the molecule is Cc1nccc(-c2cn(CCN)nn2)n1. The van der Waals surface area contributed by atoms with Gasteiger partial charge in [0.15, 0.2) is 0 Å². The Morgan fingerprint density at radius 2 is 2.27 bits per heavy atom. The van der Waals surface area contributed by atoms with Crippen LogP contribution in [0.1, 0.15) is 5.82 Å². The van der Waals surface area contributed by atoms with E-state index in [4.69, 9.17) is 5.73 Å². The summed E-state index contributed by atoms with van der Waals surface area (Å²) in [6.07, 6.45) is 3.54. The van der Waals surface area contributed by atoms with Gasteiger partial charge in [-0.25, -0.2) is 9.97 Å². The molecule has 6 nitrogen and oxygen atoms in total. The van der Waals surface area contributed by atoms with Gasteiger partial charge in [0.2, 0.25) is 0 Å². The summed E-state index contributed by atoms with van der Waals surface area (Å²) in [6, 6.07) is 1.81. The van der Waals surface area contributed by atoms with Crippen LogP contribution in [0, 0.1) is 6.92 Å². The summed E-state index contributed by atoms with van der Waals surface area (Å²) in [7, 11) is 0. The maximum Gasteiger partial charge on any atom is 0.131 e. The van der Waals surface area contributed by atoms with Gasteiger partial charge in [-0.15, -0.1) is 5.10 Å². The average Bonchev–Trinajstić information content (AvgIpc) is 2.67. The highest BCUT2D eigenvalue weighted by Crippen LogP contribution is 2.11. The van der Waals surface area contributed by atoms with Gasteiger partial charge in [-0.3, -0.25) is 4.68 Å². The molecule has 78 valence electrons. The number of hydrogen-bond acceptors (Lipinski definition) is 5. The Morgan fingerprint density at radius 3 is 3.00 bits per heavy atom. The molecule has 0 unspecified atom stereocenters. The number of hydrogen-bond donors (Lipinski definition) is 1. The summed E-state index contributed by atoms with van der Waals surface area (Å²) < 4.78 is 1.70. The van der Waals surface area contributed by atoms with E-state index >= 15 is 0 Å². The zero-order chi connectivity index (χ0) is 10.7. The molecule has 0 spiro atoms. The van der Waals surface area contributed by atoms with Gasteiger partial charge in [-0.2, -0.15) is 0 Å². The largest absolute Gasteiger partial charge is 0.329 e. The van der Waals surface area contributed by atoms with E-state index in [1.807, 2.05) is 19.2 Å². The van der Waals surface area contributed by atoms with Crippen LogP contribution in [0.4, 0.5) is 0 Å². The molecule has 0 atom stereocenters. The van der Waals surface area contributed by atoms with Crippen molar-refractivity contribution in [2.45, 2.75) is 13.5 Å². The van der Waals surface area contributed by atoms with Crippen molar-refractivity contribution in [1.82, 2.24) is 25.0 Å². The molecule has 0 radical (unpaired) electrons. The molecule has 15 heavy (non-hydrogen) atoms. The zero-order valence-electron chi connectivity index (χ0n) is 8.46. The minimum atomic E-state index is 0.547. The second-order valence-corrected chi connectivity index (χ2v) is 3.14. The van der Waals surface area contributed by atoms with Crippen LogP contribution in [-0.4, -0.2) is 31.5 Å². The van der Waals surface area contributed by atoms with E-state index < -0.39 is 0 Å². The smallest absolute Gasteiger partial charge is 0.131 e. The zero-order valence-corrected chi connectivity index (χ0v) is 8.46. The maximum atomic E-state index is 5.42. The van der Waals surface area contributed by atoms with Gasteiger partial charge >= 0.3 is 0 Å². The highest BCUT2D eigenvalue weighted by atomic mass is 15.4. The van der Waals surface area contributed by atoms with E-state index in [1.54, 1.807) is 10.9 Å². The van der Waals surface area contributed by atoms with Crippen LogP contribution in [0.2, 0.25) is 0 Å². The fourth-order valence-electron chi connectivity index (χ4n) is 1.26. The van der Waals surface area contributed by atoms with Crippen LogP contribution in [0.15, 0.2) is 18.5 Å². The van der Waals surface area contributed by atoms with E-state index in [0.29, 0.717) is 13.1 Å². The summed E-state index contributed by atoms with van der Waals surface area (Å²) in [5.74, 6) is 0.723. The molecule has 0 aliphatic carbocycles. The molecule has 2 rings (SSSR count). The number of aryl methyl sites for hydroxylation is 1. The summed E-state index contributed by atoms with van der Waals surface area (Å²) in [4.78, 5) is 8.28. The standard InChI is InChI=1S/C9H12N6/c1-7-11-4-2-8(12-7)9-6-15(5-3-10)14-13-9/h2,4,6H,3,5,10H2,1H3. The van der Waals surface area contributed by atoms with Gasteiger partial charge in [0.25, 0.3) is 0 Å². The first kappa shape index (κ1) is 9.72. The lowest BCUT2D eigenvalue weighted by Crippen LogP contribution is -2.10. The summed E-state index contributed by atoms with van der Waals surface area (Å²) >= 11 is 0. The van der Waals surface area contributed by atoms with E-state index in [9.17, 15) is 0 Å². The minimum Gasteiger partial charge on any atom is -0.329 e. The quantitative estimate of drug-likeness (QED) is 0.761. The molecule has 0 fully saturated rings. The van der Waals surface area contributed by atoms with Crippen LogP contribution in [0.5, 0.6) is 0 Å². The summed E-state index contributed by atoms with van der Waals surface area (Å²) in [5, 5.41) is 7.95. The molecule has 0 saturated carbocycles. The van der Waals surface area contributed by atoms with E-state index in [1.165, 1.54) is 0 Å². The van der Waals surface area contributed by atoms with Gasteiger partial charge < -0.3 is 5.73 Å². The molecular weight excluding hydrogens is 192 g/mol. The Morgan fingerprint density at radius 1 is 1.40 bits per heavy atom. The number of nitrogens with two attached hydrogens (primary N) is 1. The summed E-state index contributed by atoms with van der Waals surface area (Å²) in [5.41, 5.74) is 6.95. The summed E-state index contributed by atoms with van der Waals surface area (Å²) in [6.45, 7) is 3.05. The van der Waals surface area contributed by atoms with Crippen molar-refractivity contribution in [3.8, 4) is 11.4 Å².